The molecule has 0 fully saturated rings. The minimum atomic E-state index is -4.03. The molecule has 3 rings (SSSR count). The number of rotatable bonds is 7. The van der Waals surface area contributed by atoms with Gasteiger partial charge in [0.15, 0.2) is 10.7 Å². The Morgan fingerprint density at radius 2 is 1.97 bits per heavy atom. The van der Waals surface area contributed by atoms with Gasteiger partial charge in [0.05, 0.1) is 30.4 Å². The maximum absolute atomic E-state index is 14.1. The molecule has 2 heterocycles. The Balaban J connectivity index is 2.04. The summed E-state index contributed by atoms with van der Waals surface area (Å²) in [6, 6.07) is 4.17. The van der Waals surface area contributed by atoms with Crippen LogP contribution in [0.1, 0.15) is 61.8 Å². The first-order valence-corrected chi connectivity index (χ1v) is 14.9. The molecule has 0 spiro atoms. The Bertz CT molecular complexity index is 1200. The van der Waals surface area contributed by atoms with Gasteiger partial charge in [0.25, 0.3) is 15.9 Å². The van der Waals surface area contributed by atoms with Crippen molar-refractivity contribution in [1.82, 2.24) is 15.4 Å². The van der Waals surface area contributed by atoms with Gasteiger partial charge in [-0.2, -0.15) is 0 Å². The van der Waals surface area contributed by atoms with E-state index >= 15 is 0 Å². The van der Waals surface area contributed by atoms with Crippen molar-refractivity contribution in [2.75, 3.05) is 38.1 Å². The van der Waals surface area contributed by atoms with Crippen molar-refractivity contribution in [3.8, 4) is 5.75 Å². The fourth-order valence-corrected chi connectivity index (χ4v) is 6.12. The van der Waals surface area contributed by atoms with Crippen molar-refractivity contribution in [3.63, 3.8) is 0 Å². The number of aliphatic hydroxyl groups is 1. The molecule has 0 radical (unpaired) electrons. The van der Waals surface area contributed by atoms with Crippen molar-refractivity contribution in [1.29, 1.82) is 0 Å². The zero-order chi connectivity index (χ0) is 28.7. The van der Waals surface area contributed by atoms with E-state index in [9.17, 15) is 18.3 Å². The van der Waals surface area contributed by atoms with Crippen LogP contribution >= 0.6 is 0 Å². The Hall–Kier alpha value is -2.67. The lowest BCUT2D eigenvalue weighted by atomic mass is 10.0. The molecule has 0 saturated carbocycles. The highest BCUT2D eigenvalue weighted by molar-refractivity contribution is 7.92. The predicted molar refractivity (Wildman–Crippen MR) is 148 cm³/mol. The van der Waals surface area contributed by atoms with Crippen molar-refractivity contribution >= 4 is 21.6 Å². The molecule has 12 heteroatoms. The minimum absolute atomic E-state index is 0.0390. The van der Waals surface area contributed by atoms with Gasteiger partial charge in [-0.25, -0.2) is 8.42 Å². The van der Waals surface area contributed by atoms with E-state index in [1.807, 2.05) is 20.9 Å². The number of aromatic nitrogens is 1. The highest BCUT2D eigenvalue weighted by Gasteiger charge is 2.30. The number of carbonyl (C=O) groups is 1. The molecule has 1 aromatic heterocycles. The van der Waals surface area contributed by atoms with Crippen molar-refractivity contribution in [2.45, 2.75) is 77.0 Å². The summed E-state index contributed by atoms with van der Waals surface area (Å²) in [5.74, 6) is 0.115. The first kappa shape index (κ1) is 30.9. The number of nitrogens with zero attached hydrogens (tertiary/aromatic N) is 2. The van der Waals surface area contributed by atoms with E-state index in [-0.39, 0.29) is 58.2 Å². The summed E-state index contributed by atoms with van der Waals surface area (Å²) in [4.78, 5) is 15.6. The van der Waals surface area contributed by atoms with Crippen LogP contribution in [0.5, 0.6) is 5.75 Å². The van der Waals surface area contributed by atoms with Gasteiger partial charge in [0, 0.05) is 31.3 Å². The number of aliphatic hydroxyl groups excluding tert-OH is 1. The van der Waals surface area contributed by atoms with E-state index < -0.39 is 16.1 Å². The Morgan fingerprint density at radius 1 is 1.23 bits per heavy atom. The van der Waals surface area contributed by atoms with Crippen molar-refractivity contribution in [3.05, 3.63) is 35.2 Å². The fourth-order valence-electron chi connectivity index (χ4n) is 4.74. The Labute approximate surface area is 231 Å². The van der Waals surface area contributed by atoms with Gasteiger partial charge in [0.1, 0.15) is 11.4 Å². The number of likely N-dealkylation sites (N-methyl/N-ethyl adjacent to an activating group) is 1. The van der Waals surface area contributed by atoms with E-state index in [1.54, 1.807) is 30.9 Å². The van der Waals surface area contributed by atoms with E-state index in [2.05, 4.69) is 15.2 Å². The number of carbonyl (C=O) groups excluding carboxylic acids is 1. The van der Waals surface area contributed by atoms with Gasteiger partial charge in [-0.15, -0.1) is 0 Å². The van der Waals surface area contributed by atoms with Gasteiger partial charge in [-0.05, 0) is 72.2 Å². The van der Waals surface area contributed by atoms with Gasteiger partial charge in [-0.3, -0.25) is 9.52 Å². The molecule has 39 heavy (non-hydrogen) atoms. The van der Waals surface area contributed by atoms with Crippen molar-refractivity contribution < 1.29 is 32.3 Å². The second kappa shape index (κ2) is 13.6. The van der Waals surface area contributed by atoms with Gasteiger partial charge >= 0.3 is 0 Å². The molecular formula is C27H42N4O7S. The van der Waals surface area contributed by atoms with Crippen molar-refractivity contribution in [2.24, 2.45) is 5.92 Å². The summed E-state index contributed by atoms with van der Waals surface area (Å²) >= 11 is 0. The molecule has 4 atom stereocenters. The second-order valence-electron chi connectivity index (χ2n) is 10.3. The van der Waals surface area contributed by atoms with Crippen LogP contribution in [-0.2, 0) is 14.8 Å². The molecule has 1 amide bonds. The molecule has 11 nitrogen and oxygen atoms in total. The van der Waals surface area contributed by atoms with Crippen LogP contribution in [0.2, 0.25) is 0 Å². The molecule has 0 bridgehead atoms. The summed E-state index contributed by atoms with van der Waals surface area (Å²) in [6.45, 7) is 10.1. The number of nitrogens with one attached hydrogen (secondary N) is 2. The normalized spacial score (nSPS) is 22.5. The summed E-state index contributed by atoms with van der Waals surface area (Å²) in [7, 11) is -2.17. The first-order chi connectivity index (χ1) is 18.5. The maximum atomic E-state index is 14.1. The largest absolute Gasteiger partial charge is 0.490 e. The number of hydrogen-bond donors (Lipinski definition) is 3. The number of ether oxygens (including phenoxy) is 2. The van der Waals surface area contributed by atoms with E-state index in [0.29, 0.717) is 25.4 Å². The van der Waals surface area contributed by atoms with Gasteiger partial charge < -0.3 is 29.3 Å². The molecule has 0 saturated heterocycles. The number of benzene rings is 1. The van der Waals surface area contributed by atoms with Crippen LogP contribution < -0.4 is 14.8 Å². The summed E-state index contributed by atoms with van der Waals surface area (Å²) in [5, 5.41) is 16.9. The first-order valence-electron chi connectivity index (χ1n) is 13.4. The third-order valence-corrected chi connectivity index (χ3v) is 8.57. The molecule has 0 aliphatic carbocycles. The Kier molecular flexibility index (Phi) is 10.8. The molecule has 3 N–H and O–H groups in total. The number of sulfonamides is 1. The molecular weight excluding hydrogens is 524 g/mol. The predicted octanol–water partition coefficient (Wildman–Crippen LogP) is 3.11. The molecule has 1 aliphatic rings. The molecule has 2 aromatic rings. The zero-order valence-electron chi connectivity index (χ0n) is 23.7. The highest BCUT2D eigenvalue weighted by atomic mass is 32.2. The standard InChI is InChI=1S/C27H42N4O7S/c1-17-15-31(18(2)16-32)27(33)23-13-22(30-39(34,35)26-20(4)29-38-21(26)5)10-11-24(23)37-19(3)9-7-8-12-36-25(17)14-28-6/h10-11,13,17-19,25,28,30,32H,7-9,12,14-16H2,1-6H3/t17-,18+,19+,25-/m1/s1. The monoisotopic (exact) mass is 566 g/mol. The molecule has 1 aliphatic heterocycles. The number of fused-ring (bicyclic) bond motifs is 1. The summed E-state index contributed by atoms with van der Waals surface area (Å²) < 4.78 is 46.3. The van der Waals surface area contributed by atoms with Crippen LogP contribution in [0.25, 0.3) is 0 Å². The zero-order valence-corrected chi connectivity index (χ0v) is 24.5. The lowest BCUT2D eigenvalue weighted by Gasteiger charge is -2.34. The third-order valence-electron chi connectivity index (χ3n) is 6.95. The van der Waals surface area contributed by atoms with E-state index in [1.165, 1.54) is 13.0 Å². The summed E-state index contributed by atoms with van der Waals surface area (Å²) in [6.07, 6.45) is 2.24. The van der Waals surface area contributed by atoms with E-state index in [4.69, 9.17) is 14.0 Å². The average molecular weight is 567 g/mol. The highest BCUT2D eigenvalue weighted by Crippen LogP contribution is 2.30. The average Bonchev–Trinajstić information content (AvgIpc) is 3.24. The van der Waals surface area contributed by atoms with Crippen LogP contribution in [0.4, 0.5) is 5.69 Å². The molecule has 0 unspecified atom stereocenters. The second-order valence-corrected chi connectivity index (χ2v) is 11.9. The summed E-state index contributed by atoms with van der Waals surface area (Å²) in [5.41, 5.74) is 0.638. The van der Waals surface area contributed by atoms with Crippen LogP contribution in [0, 0.1) is 19.8 Å². The van der Waals surface area contributed by atoms with Gasteiger partial charge in [-0.1, -0.05) is 12.1 Å². The van der Waals surface area contributed by atoms with E-state index in [0.717, 1.165) is 19.3 Å². The van der Waals surface area contributed by atoms with Crippen LogP contribution in [0.15, 0.2) is 27.6 Å². The third kappa shape index (κ3) is 7.71. The quantitative estimate of drug-likeness (QED) is 0.461. The number of amides is 1. The SMILES string of the molecule is CNC[C@H]1OCCCC[C@H](C)Oc2ccc(NS(=O)(=O)c3c(C)noc3C)cc2C(=O)N([C@@H](C)CO)C[C@H]1C. The minimum Gasteiger partial charge on any atom is -0.490 e. The number of aryl methyl sites for hydroxylation is 2. The fraction of sp³-hybridized carbons (Fsp3) is 0.630. The topological polar surface area (TPSA) is 143 Å². The molecule has 1 aromatic carbocycles. The Morgan fingerprint density at radius 3 is 2.62 bits per heavy atom. The smallest absolute Gasteiger partial charge is 0.267 e. The molecule has 218 valence electrons. The lowest BCUT2D eigenvalue weighted by molar-refractivity contribution is -0.000450. The number of hydrogen-bond acceptors (Lipinski definition) is 9. The number of anilines is 1. The van der Waals surface area contributed by atoms with Gasteiger partial charge in [0.2, 0.25) is 0 Å². The van der Waals surface area contributed by atoms with Crippen LogP contribution in [0.3, 0.4) is 0 Å². The maximum Gasteiger partial charge on any atom is 0.267 e. The lowest BCUT2D eigenvalue weighted by Crippen LogP contribution is -2.47. The van der Waals surface area contributed by atoms with Crippen LogP contribution in [-0.4, -0.2) is 81.1 Å².